The fourth-order valence-electron chi connectivity index (χ4n) is 4.54. The van der Waals surface area contributed by atoms with E-state index in [4.69, 9.17) is 9.47 Å². The molecule has 1 N–H and O–H groups in total. The Morgan fingerprint density at radius 3 is 2.45 bits per heavy atom. The molecule has 170 valence electrons. The number of aliphatic hydroxyl groups excluding tert-OH is 1. The number of rotatable bonds is 17. The van der Waals surface area contributed by atoms with Gasteiger partial charge in [0.15, 0.2) is 0 Å². The molecule has 0 saturated heterocycles. The normalized spacial score (nSPS) is 22.8. The zero-order valence-electron chi connectivity index (χ0n) is 19.0. The van der Waals surface area contributed by atoms with Crippen LogP contribution in [0, 0.1) is 11.8 Å². The molecule has 5 heteroatoms. The molecule has 1 rings (SSSR count). The Morgan fingerprint density at radius 1 is 1.00 bits per heavy atom. The van der Waals surface area contributed by atoms with Crippen LogP contribution in [0.4, 0.5) is 0 Å². The van der Waals surface area contributed by atoms with Crippen LogP contribution >= 0.6 is 0 Å². The first-order valence-electron chi connectivity index (χ1n) is 12.0. The molecule has 0 bridgehead atoms. The Morgan fingerprint density at radius 2 is 1.76 bits per heavy atom. The summed E-state index contributed by atoms with van der Waals surface area (Å²) < 4.78 is 10.8. The molecular weight excluding hydrogens is 368 g/mol. The summed E-state index contributed by atoms with van der Waals surface area (Å²) in [5.74, 6) is 0.526. The first-order valence-corrected chi connectivity index (χ1v) is 12.0. The number of ketones is 1. The summed E-state index contributed by atoms with van der Waals surface area (Å²) >= 11 is 0. The lowest BCUT2D eigenvalue weighted by atomic mass is 9.85. The number of esters is 1. The fraction of sp³-hybridized carbons (Fsp3) is 0.917. The highest BCUT2D eigenvalue weighted by molar-refractivity contribution is 5.84. The van der Waals surface area contributed by atoms with Gasteiger partial charge in [0, 0.05) is 25.4 Å². The third-order valence-electron chi connectivity index (χ3n) is 6.12. The highest BCUT2D eigenvalue weighted by atomic mass is 16.5. The quantitative estimate of drug-likeness (QED) is 0.262. The molecule has 29 heavy (non-hydrogen) atoms. The van der Waals surface area contributed by atoms with E-state index >= 15 is 0 Å². The lowest BCUT2D eigenvalue weighted by molar-refractivity contribution is -0.143. The summed E-state index contributed by atoms with van der Waals surface area (Å²) in [6.07, 6.45) is 11.5. The summed E-state index contributed by atoms with van der Waals surface area (Å²) in [5, 5.41) is 10.3. The van der Waals surface area contributed by atoms with Gasteiger partial charge in [0.05, 0.1) is 18.8 Å². The predicted octanol–water partition coefficient (Wildman–Crippen LogP) is 5.22. The van der Waals surface area contributed by atoms with Crippen molar-refractivity contribution in [1.82, 2.24) is 0 Å². The van der Waals surface area contributed by atoms with Crippen molar-refractivity contribution in [1.29, 1.82) is 0 Å². The minimum absolute atomic E-state index is 0.0177. The lowest BCUT2D eigenvalue weighted by Gasteiger charge is -2.25. The van der Waals surface area contributed by atoms with E-state index in [1.54, 1.807) is 0 Å². The standard InChI is InChI=1S/C24H44O5/c1-4-7-10-13-19(25)16-17-21-20(22(26)18-23(21)28-5-2)14-11-8-9-12-15-24(27)29-6-3/h19-21,23,25H,4-18H2,1-3H3/t19?,20-,21-,23-/m1/s1. The second kappa shape index (κ2) is 15.8. The Labute approximate surface area is 177 Å². The van der Waals surface area contributed by atoms with Gasteiger partial charge in [-0.05, 0) is 51.9 Å². The second-order valence-corrected chi connectivity index (χ2v) is 8.42. The van der Waals surface area contributed by atoms with Crippen molar-refractivity contribution in [3.63, 3.8) is 0 Å². The van der Waals surface area contributed by atoms with Crippen LogP contribution in [0.2, 0.25) is 0 Å². The predicted molar refractivity (Wildman–Crippen MR) is 116 cm³/mol. The van der Waals surface area contributed by atoms with Gasteiger partial charge in [-0.25, -0.2) is 0 Å². The Hall–Kier alpha value is -0.940. The molecule has 5 nitrogen and oxygen atoms in total. The summed E-state index contributed by atoms with van der Waals surface area (Å²) in [6.45, 7) is 7.06. The van der Waals surface area contributed by atoms with E-state index in [1.165, 1.54) is 6.42 Å². The third kappa shape index (κ3) is 10.6. The fourth-order valence-corrected chi connectivity index (χ4v) is 4.54. The number of aliphatic hydroxyl groups is 1. The zero-order valence-corrected chi connectivity index (χ0v) is 19.0. The van der Waals surface area contributed by atoms with Gasteiger partial charge in [-0.2, -0.15) is 0 Å². The Balaban J connectivity index is 2.39. The van der Waals surface area contributed by atoms with Gasteiger partial charge in [-0.3, -0.25) is 9.59 Å². The van der Waals surface area contributed by atoms with Crippen LogP contribution in [0.25, 0.3) is 0 Å². The molecule has 0 aliphatic heterocycles. The average Bonchev–Trinajstić information content (AvgIpc) is 2.98. The SMILES string of the molecule is CCCCCC(O)CC[C@H]1[C@H](OCC)CC(=O)[C@@H]1CCCCCCC(=O)OCC. The maximum atomic E-state index is 12.6. The van der Waals surface area contributed by atoms with E-state index in [0.29, 0.717) is 31.8 Å². The van der Waals surface area contributed by atoms with Crippen molar-refractivity contribution < 1.29 is 24.2 Å². The second-order valence-electron chi connectivity index (χ2n) is 8.42. The highest BCUT2D eigenvalue weighted by Gasteiger charge is 2.42. The van der Waals surface area contributed by atoms with Gasteiger partial charge in [-0.1, -0.05) is 45.4 Å². The van der Waals surface area contributed by atoms with Gasteiger partial charge in [-0.15, -0.1) is 0 Å². The van der Waals surface area contributed by atoms with E-state index in [2.05, 4.69) is 6.92 Å². The van der Waals surface area contributed by atoms with Gasteiger partial charge >= 0.3 is 5.97 Å². The van der Waals surface area contributed by atoms with E-state index in [0.717, 1.165) is 64.2 Å². The summed E-state index contributed by atoms with van der Waals surface area (Å²) in [5.41, 5.74) is 0. The molecule has 1 aliphatic rings. The zero-order chi connectivity index (χ0) is 21.5. The van der Waals surface area contributed by atoms with Crippen molar-refractivity contribution in [2.24, 2.45) is 11.8 Å². The molecule has 0 heterocycles. The third-order valence-corrected chi connectivity index (χ3v) is 6.12. The number of unbranched alkanes of at least 4 members (excludes halogenated alkanes) is 5. The molecule has 1 fully saturated rings. The van der Waals surface area contributed by atoms with Gasteiger partial charge in [0.1, 0.15) is 5.78 Å². The minimum atomic E-state index is -0.261. The van der Waals surface area contributed by atoms with Crippen molar-refractivity contribution in [2.45, 2.75) is 116 Å². The van der Waals surface area contributed by atoms with Crippen LogP contribution < -0.4 is 0 Å². The molecule has 4 atom stereocenters. The van der Waals surface area contributed by atoms with Gasteiger partial charge < -0.3 is 14.6 Å². The molecule has 0 amide bonds. The van der Waals surface area contributed by atoms with Crippen molar-refractivity contribution in [3.05, 3.63) is 0 Å². The van der Waals surface area contributed by atoms with E-state index in [1.807, 2.05) is 13.8 Å². The molecule has 0 aromatic heterocycles. The number of ether oxygens (including phenoxy) is 2. The number of carbonyl (C=O) groups is 2. The molecular formula is C24H44O5. The molecule has 1 unspecified atom stereocenters. The first-order chi connectivity index (χ1) is 14.0. The largest absolute Gasteiger partial charge is 0.466 e. The van der Waals surface area contributed by atoms with Crippen molar-refractivity contribution in [2.75, 3.05) is 13.2 Å². The van der Waals surface area contributed by atoms with E-state index in [-0.39, 0.29) is 30.0 Å². The van der Waals surface area contributed by atoms with Crippen molar-refractivity contribution >= 4 is 11.8 Å². The van der Waals surface area contributed by atoms with Crippen LogP contribution in [0.5, 0.6) is 0 Å². The van der Waals surface area contributed by atoms with Gasteiger partial charge in [0.2, 0.25) is 0 Å². The molecule has 1 saturated carbocycles. The minimum Gasteiger partial charge on any atom is -0.466 e. The Kier molecular flexibility index (Phi) is 14.3. The molecule has 0 aromatic carbocycles. The Bertz CT molecular complexity index is 451. The van der Waals surface area contributed by atoms with Crippen LogP contribution in [-0.4, -0.2) is 42.3 Å². The molecule has 1 aliphatic carbocycles. The maximum Gasteiger partial charge on any atom is 0.305 e. The molecule has 0 aromatic rings. The van der Waals surface area contributed by atoms with Crippen LogP contribution in [0.1, 0.15) is 104 Å². The maximum absolute atomic E-state index is 12.6. The monoisotopic (exact) mass is 412 g/mol. The number of Topliss-reactive ketones (excluding diaryl/α,β-unsaturated/α-hetero) is 1. The van der Waals surface area contributed by atoms with Crippen LogP contribution in [0.15, 0.2) is 0 Å². The molecule has 0 spiro atoms. The lowest BCUT2D eigenvalue weighted by Crippen LogP contribution is -2.25. The molecule has 0 radical (unpaired) electrons. The number of carbonyl (C=O) groups excluding carboxylic acids is 2. The highest BCUT2D eigenvalue weighted by Crippen LogP contribution is 2.38. The van der Waals surface area contributed by atoms with Crippen molar-refractivity contribution in [3.8, 4) is 0 Å². The number of hydrogen-bond acceptors (Lipinski definition) is 5. The van der Waals surface area contributed by atoms with Crippen LogP contribution in [0.3, 0.4) is 0 Å². The summed E-state index contributed by atoms with van der Waals surface area (Å²) in [6, 6.07) is 0. The number of hydrogen-bond donors (Lipinski definition) is 1. The summed E-state index contributed by atoms with van der Waals surface area (Å²) in [7, 11) is 0. The first kappa shape index (κ1) is 26.1. The van der Waals surface area contributed by atoms with Gasteiger partial charge in [0.25, 0.3) is 0 Å². The average molecular weight is 413 g/mol. The smallest absolute Gasteiger partial charge is 0.305 e. The summed E-state index contributed by atoms with van der Waals surface area (Å²) in [4.78, 5) is 24.0. The topological polar surface area (TPSA) is 72.8 Å². The van der Waals surface area contributed by atoms with Crippen LogP contribution in [-0.2, 0) is 19.1 Å². The van der Waals surface area contributed by atoms with E-state index in [9.17, 15) is 14.7 Å². The van der Waals surface area contributed by atoms with E-state index < -0.39 is 0 Å².